The molecule has 4 rings (SSSR count). The standard InChI is InChI=1S/C19H17N5O4S/c25-15(13-4-1-5-14(10-13)23-8-2-7-17(23)26)12-28-18(27)11-24-21-19(20-22-24)16-6-3-9-29-16/h1,3-6,9-10H,2,7-8,11-12H2. The maximum Gasteiger partial charge on any atom is 0.330 e. The molecule has 3 heterocycles. The van der Waals surface area contributed by atoms with Crippen LogP contribution in [0.1, 0.15) is 23.2 Å². The van der Waals surface area contributed by atoms with Crippen molar-refractivity contribution in [1.29, 1.82) is 0 Å². The Labute approximate surface area is 169 Å². The van der Waals surface area contributed by atoms with Gasteiger partial charge in [-0.05, 0) is 35.2 Å². The summed E-state index contributed by atoms with van der Waals surface area (Å²) < 4.78 is 5.05. The van der Waals surface area contributed by atoms with Gasteiger partial charge in [-0.1, -0.05) is 18.2 Å². The molecule has 1 amide bonds. The monoisotopic (exact) mass is 411 g/mol. The van der Waals surface area contributed by atoms with Crippen molar-refractivity contribution in [3.63, 3.8) is 0 Å². The lowest BCUT2D eigenvalue weighted by Gasteiger charge is -2.16. The lowest BCUT2D eigenvalue weighted by molar-refractivity contribution is -0.143. The minimum atomic E-state index is -0.639. The molecule has 3 aromatic rings. The predicted molar refractivity (Wildman–Crippen MR) is 104 cm³/mol. The Hall–Kier alpha value is -3.40. The third-order valence-corrected chi connectivity index (χ3v) is 5.25. The first-order chi connectivity index (χ1) is 14.1. The third-order valence-electron chi connectivity index (χ3n) is 4.38. The second kappa shape index (κ2) is 8.31. The molecule has 0 radical (unpaired) electrons. The third kappa shape index (κ3) is 4.37. The molecule has 0 unspecified atom stereocenters. The van der Waals surface area contributed by atoms with E-state index in [1.54, 1.807) is 29.2 Å². The van der Waals surface area contributed by atoms with E-state index in [4.69, 9.17) is 4.74 Å². The van der Waals surface area contributed by atoms with Gasteiger partial charge in [0.15, 0.2) is 18.9 Å². The van der Waals surface area contributed by atoms with Gasteiger partial charge in [-0.25, -0.2) is 4.79 Å². The number of aromatic nitrogens is 4. The smallest absolute Gasteiger partial charge is 0.330 e. The van der Waals surface area contributed by atoms with Crippen molar-refractivity contribution >= 4 is 34.7 Å². The number of Topliss-reactive ketones (excluding diaryl/α,β-unsaturated/α-hetero) is 1. The number of ether oxygens (including phenoxy) is 1. The van der Waals surface area contributed by atoms with E-state index < -0.39 is 12.6 Å². The second-order valence-electron chi connectivity index (χ2n) is 6.40. The Morgan fingerprint density at radius 1 is 1.21 bits per heavy atom. The molecule has 0 aliphatic carbocycles. The van der Waals surface area contributed by atoms with Crippen molar-refractivity contribution in [2.75, 3.05) is 18.1 Å². The fourth-order valence-electron chi connectivity index (χ4n) is 2.97. The minimum absolute atomic E-state index is 0.0447. The van der Waals surface area contributed by atoms with Crippen molar-refractivity contribution in [2.24, 2.45) is 0 Å². The maximum atomic E-state index is 12.4. The average Bonchev–Trinajstić information content (AvgIpc) is 3.48. The molecular weight excluding hydrogens is 394 g/mol. The molecule has 9 nitrogen and oxygen atoms in total. The number of tetrazole rings is 1. The molecule has 0 bridgehead atoms. The first-order valence-electron chi connectivity index (χ1n) is 9.01. The summed E-state index contributed by atoms with van der Waals surface area (Å²) in [6, 6.07) is 10.5. The summed E-state index contributed by atoms with van der Waals surface area (Å²) in [5.41, 5.74) is 1.06. The number of anilines is 1. The average molecular weight is 411 g/mol. The van der Waals surface area contributed by atoms with Crippen LogP contribution < -0.4 is 4.90 Å². The van der Waals surface area contributed by atoms with Gasteiger partial charge in [0.1, 0.15) is 0 Å². The van der Waals surface area contributed by atoms with Crippen LogP contribution in [-0.2, 0) is 20.9 Å². The number of carbonyl (C=O) groups excluding carboxylic acids is 3. The molecule has 2 aromatic heterocycles. The van der Waals surface area contributed by atoms with E-state index in [-0.39, 0.29) is 18.2 Å². The first-order valence-corrected chi connectivity index (χ1v) is 9.89. The number of carbonyl (C=O) groups is 3. The molecule has 0 saturated carbocycles. The summed E-state index contributed by atoms with van der Waals surface area (Å²) >= 11 is 1.47. The predicted octanol–water partition coefficient (Wildman–Crippen LogP) is 1.95. The van der Waals surface area contributed by atoms with E-state index in [1.807, 2.05) is 17.5 Å². The highest BCUT2D eigenvalue weighted by Gasteiger charge is 2.22. The lowest BCUT2D eigenvalue weighted by Crippen LogP contribution is -2.24. The number of benzene rings is 1. The van der Waals surface area contributed by atoms with Crippen LogP contribution in [0.25, 0.3) is 10.7 Å². The first kappa shape index (κ1) is 18.9. The number of hydrogen-bond acceptors (Lipinski definition) is 8. The Morgan fingerprint density at radius 3 is 2.86 bits per heavy atom. The van der Waals surface area contributed by atoms with Crippen LogP contribution in [0.3, 0.4) is 0 Å². The molecule has 148 valence electrons. The van der Waals surface area contributed by atoms with Gasteiger partial charge < -0.3 is 9.64 Å². The van der Waals surface area contributed by atoms with Crippen molar-refractivity contribution in [2.45, 2.75) is 19.4 Å². The van der Waals surface area contributed by atoms with Crippen LogP contribution in [-0.4, -0.2) is 51.0 Å². The fraction of sp³-hybridized carbons (Fsp3) is 0.263. The van der Waals surface area contributed by atoms with E-state index in [2.05, 4.69) is 15.4 Å². The number of esters is 1. The Bertz CT molecular complexity index is 1050. The van der Waals surface area contributed by atoms with E-state index in [0.29, 0.717) is 30.0 Å². The lowest BCUT2D eigenvalue weighted by atomic mass is 10.1. The van der Waals surface area contributed by atoms with E-state index in [0.717, 1.165) is 16.1 Å². The SMILES string of the molecule is O=C(Cn1nnc(-c2cccs2)n1)OCC(=O)c1cccc(N2CCCC2=O)c1. The summed E-state index contributed by atoms with van der Waals surface area (Å²) in [5, 5.41) is 13.7. The van der Waals surface area contributed by atoms with E-state index >= 15 is 0 Å². The molecule has 0 atom stereocenters. The molecule has 1 aliphatic heterocycles. The maximum absolute atomic E-state index is 12.4. The highest BCUT2D eigenvalue weighted by Crippen LogP contribution is 2.22. The normalized spacial score (nSPS) is 13.7. The zero-order valence-electron chi connectivity index (χ0n) is 15.4. The van der Waals surface area contributed by atoms with Gasteiger partial charge in [-0.2, -0.15) is 4.80 Å². The van der Waals surface area contributed by atoms with Gasteiger partial charge in [0.25, 0.3) is 0 Å². The number of nitrogens with zero attached hydrogens (tertiary/aromatic N) is 5. The zero-order valence-corrected chi connectivity index (χ0v) is 16.2. The number of thiophene rings is 1. The van der Waals surface area contributed by atoms with Crippen molar-refractivity contribution in [3.05, 3.63) is 47.3 Å². The quantitative estimate of drug-likeness (QED) is 0.432. The Morgan fingerprint density at radius 2 is 2.10 bits per heavy atom. The largest absolute Gasteiger partial charge is 0.456 e. The molecule has 0 spiro atoms. The van der Waals surface area contributed by atoms with Crippen LogP contribution in [0.4, 0.5) is 5.69 Å². The van der Waals surface area contributed by atoms with Crippen molar-refractivity contribution in [1.82, 2.24) is 20.2 Å². The van der Waals surface area contributed by atoms with Crippen LogP contribution in [0.5, 0.6) is 0 Å². The van der Waals surface area contributed by atoms with Gasteiger partial charge in [0.2, 0.25) is 11.7 Å². The van der Waals surface area contributed by atoms with Crippen LogP contribution in [0.2, 0.25) is 0 Å². The van der Waals surface area contributed by atoms with Gasteiger partial charge in [-0.15, -0.1) is 21.5 Å². The van der Waals surface area contributed by atoms with E-state index in [1.165, 1.54) is 11.3 Å². The van der Waals surface area contributed by atoms with Gasteiger partial charge in [0.05, 0.1) is 4.88 Å². The number of ketones is 1. The van der Waals surface area contributed by atoms with Crippen LogP contribution in [0, 0.1) is 0 Å². The fourth-order valence-corrected chi connectivity index (χ4v) is 3.62. The molecule has 1 aromatic carbocycles. The number of rotatable bonds is 7. The van der Waals surface area contributed by atoms with Gasteiger partial charge in [-0.3, -0.25) is 9.59 Å². The summed E-state index contributed by atoms with van der Waals surface area (Å²) in [6.07, 6.45) is 1.32. The molecular formula is C19H17N5O4S. The zero-order chi connectivity index (χ0) is 20.2. The van der Waals surface area contributed by atoms with Crippen molar-refractivity contribution < 1.29 is 19.1 Å². The molecule has 1 saturated heterocycles. The molecule has 1 aliphatic rings. The number of amides is 1. The van der Waals surface area contributed by atoms with Crippen LogP contribution >= 0.6 is 11.3 Å². The highest BCUT2D eigenvalue weighted by molar-refractivity contribution is 7.13. The molecule has 1 fully saturated rings. The van der Waals surface area contributed by atoms with E-state index in [9.17, 15) is 14.4 Å². The van der Waals surface area contributed by atoms with Crippen LogP contribution in [0.15, 0.2) is 41.8 Å². The second-order valence-corrected chi connectivity index (χ2v) is 7.35. The topological polar surface area (TPSA) is 107 Å². The minimum Gasteiger partial charge on any atom is -0.456 e. The molecule has 0 N–H and O–H groups in total. The Balaban J connectivity index is 1.32. The Kier molecular flexibility index (Phi) is 5.43. The summed E-state index contributed by atoms with van der Waals surface area (Å²) in [4.78, 5) is 39.9. The van der Waals surface area contributed by atoms with Gasteiger partial charge in [0, 0.05) is 24.2 Å². The summed E-state index contributed by atoms with van der Waals surface area (Å²) in [7, 11) is 0. The molecule has 10 heteroatoms. The van der Waals surface area contributed by atoms with Crippen molar-refractivity contribution in [3.8, 4) is 10.7 Å². The summed E-state index contributed by atoms with van der Waals surface area (Å²) in [6.45, 7) is 0.000511. The van der Waals surface area contributed by atoms with Gasteiger partial charge >= 0.3 is 5.97 Å². The summed E-state index contributed by atoms with van der Waals surface area (Å²) in [5.74, 6) is -0.516. The number of hydrogen-bond donors (Lipinski definition) is 0. The molecule has 29 heavy (non-hydrogen) atoms. The highest BCUT2D eigenvalue weighted by atomic mass is 32.1.